The third-order valence-electron chi connectivity index (χ3n) is 3.29. The molecule has 1 aliphatic rings. The second-order valence-corrected chi connectivity index (χ2v) is 5.06. The van der Waals surface area contributed by atoms with Crippen LogP contribution in [0.15, 0.2) is 22.8 Å². The minimum atomic E-state index is 0.642. The second-order valence-electron chi connectivity index (χ2n) is 5.06. The van der Waals surface area contributed by atoms with Gasteiger partial charge in [-0.15, -0.1) is 0 Å². The van der Waals surface area contributed by atoms with Gasteiger partial charge in [-0.1, -0.05) is 6.92 Å². The molecule has 0 saturated carbocycles. The summed E-state index contributed by atoms with van der Waals surface area (Å²) in [5.41, 5.74) is 0. The first-order valence-corrected chi connectivity index (χ1v) is 6.18. The Morgan fingerprint density at radius 3 is 3.12 bits per heavy atom. The summed E-state index contributed by atoms with van der Waals surface area (Å²) in [6.07, 6.45) is 4.35. The van der Waals surface area contributed by atoms with E-state index in [1.165, 1.54) is 19.4 Å². The SMILES string of the molecule is CC1CCNC(CN(C)Cc2ccco2)C1. The molecule has 0 bridgehead atoms. The van der Waals surface area contributed by atoms with Crippen molar-refractivity contribution in [2.75, 3.05) is 20.1 Å². The van der Waals surface area contributed by atoms with Crippen molar-refractivity contribution in [3.05, 3.63) is 24.2 Å². The van der Waals surface area contributed by atoms with Crippen LogP contribution in [0.2, 0.25) is 0 Å². The second kappa shape index (κ2) is 5.51. The molecule has 0 spiro atoms. The predicted octanol–water partition coefficient (Wildman–Crippen LogP) is 2.10. The van der Waals surface area contributed by atoms with Crippen molar-refractivity contribution in [1.29, 1.82) is 0 Å². The van der Waals surface area contributed by atoms with E-state index in [1.807, 2.05) is 12.1 Å². The first-order chi connectivity index (χ1) is 7.74. The van der Waals surface area contributed by atoms with E-state index < -0.39 is 0 Å². The number of hydrogen-bond acceptors (Lipinski definition) is 3. The van der Waals surface area contributed by atoms with Gasteiger partial charge in [-0.3, -0.25) is 4.90 Å². The molecule has 90 valence electrons. The van der Waals surface area contributed by atoms with E-state index in [-0.39, 0.29) is 0 Å². The van der Waals surface area contributed by atoms with Crippen molar-refractivity contribution < 1.29 is 4.42 Å². The number of nitrogens with zero attached hydrogens (tertiary/aromatic N) is 1. The van der Waals surface area contributed by atoms with Gasteiger partial charge in [-0.05, 0) is 44.5 Å². The van der Waals surface area contributed by atoms with Crippen LogP contribution in [0.5, 0.6) is 0 Å². The molecule has 1 saturated heterocycles. The van der Waals surface area contributed by atoms with E-state index in [0.717, 1.165) is 24.8 Å². The molecule has 2 rings (SSSR count). The van der Waals surface area contributed by atoms with Crippen LogP contribution in [0.25, 0.3) is 0 Å². The average molecular weight is 222 g/mol. The van der Waals surface area contributed by atoms with Gasteiger partial charge < -0.3 is 9.73 Å². The zero-order valence-corrected chi connectivity index (χ0v) is 10.3. The van der Waals surface area contributed by atoms with E-state index in [2.05, 4.69) is 24.2 Å². The molecule has 1 aromatic rings. The van der Waals surface area contributed by atoms with Gasteiger partial charge in [0.15, 0.2) is 0 Å². The predicted molar refractivity (Wildman–Crippen MR) is 65.2 cm³/mol. The first-order valence-electron chi connectivity index (χ1n) is 6.18. The van der Waals surface area contributed by atoms with Crippen LogP contribution < -0.4 is 5.32 Å². The minimum Gasteiger partial charge on any atom is -0.468 e. The standard InChI is InChI=1S/C13H22N2O/c1-11-5-6-14-12(8-11)9-15(2)10-13-4-3-7-16-13/h3-4,7,11-12,14H,5-6,8-10H2,1-2H3. The minimum absolute atomic E-state index is 0.642. The zero-order valence-electron chi connectivity index (χ0n) is 10.3. The lowest BCUT2D eigenvalue weighted by atomic mass is 9.94. The Balaban J connectivity index is 1.76. The van der Waals surface area contributed by atoms with Crippen LogP contribution in [0.1, 0.15) is 25.5 Å². The Morgan fingerprint density at radius 1 is 1.56 bits per heavy atom. The number of furan rings is 1. The zero-order chi connectivity index (χ0) is 11.4. The summed E-state index contributed by atoms with van der Waals surface area (Å²) in [7, 11) is 2.16. The molecule has 2 heterocycles. The highest BCUT2D eigenvalue weighted by atomic mass is 16.3. The summed E-state index contributed by atoms with van der Waals surface area (Å²) < 4.78 is 5.35. The van der Waals surface area contributed by atoms with Gasteiger partial charge >= 0.3 is 0 Å². The summed E-state index contributed by atoms with van der Waals surface area (Å²) in [5, 5.41) is 3.59. The molecule has 1 fully saturated rings. The van der Waals surface area contributed by atoms with Crippen molar-refractivity contribution in [3.8, 4) is 0 Å². The summed E-state index contributed by atoms with van der Waals surface area (Å²) in [5.74, 6) is 1.91. The van der Waals surface area contributed by atoms with Crippen LogP contribution in [-0.4, -0.2) is 31.1 Å². The summed E-state index contributed by atoms with van der Waals surface area (Å²) in [6.45, 7) is 5.52. The van der Waals surface area contributed by atoms with Crippen molar-refractivity contribution in [2.24, 2.45) is 5.92 Å². The molecule has 1 N–H and O–H groups in total. The van der Waals surface area contributed by atoms with E-state index in [1.54, 1.807) is 6.26 Å². The molecule has 3 heteroatoms. The Morgan fingerprint density at radius 2 is 2.44 bits per heavy atom. The van der Waals surface area contributed by atoms with E-state index in [9.17, 15) is 0 Å². The largest absolute Gasteiger partial charge is 0.468 e. The maximum absolute atomic E-state index is 5.35. The average Bonchev–Trinajstić information content (AvgIpc) is 2.70. The molecular weight excluding hydrogens is 200 g/mol. The van der Waals surface area contributed by atoms with Gasteiger partial charge in [0.2, 0.25) is 0 Å². The molecule has 2 unspecified atom stereocenters. The lowest BCUT2D eigenvalue weighted by Crippen LogP contribution is -2.44. The fourth-order valence-electron chi connectivity index (χ4n) is 2.47. The topological polar surface area (TPSA) is 28.4 Å². The van der Waals surface area contributed by atoms with Crippen LogP contribution in [0.4, 0.5) is 0 Å². The van der Waals surface area contributed by atoms with E-state index >= 15 is 0 Å². The van der Waals surface area contributed by atoms with E-state index in [4.69, 9.17) is 4.42 Å². The molecule has 1 aliphatic heterocycles. The number of piperidine rings is 1. The van der Waals surface area contributed by atoms with Crippen molar-refractivity contribution in [1.82, 2.24) is 10.2 Å². The Kier molecular flexibility index (Phi) is 4.02. The van der Waals surface area contributed by atoms with Gasteiger partial charge in [-0.25, -0.2) is 0 Å². The lowest BCUT2D eigenvalue weighted by Gasteiger charge is -2.31. The summed E-state index contributed by atoms with van der Waals surface area (Å²) in [6, 6.07) is 4.63. The molecule has 0 amide bonds. The fraction of sp³-hybridized carbons (Fsp3) is 0.692. The Bertz CT molecular complexity index is 297. The highest BCUT2D eigenvalue weighted by Gasteiger charge is 2.19. The van der Waals surface area contributed by atoms with Crippen molar-refractivity contribution in [2.45, 2.75) is 32.4 Å². The van der Waals surface area contributed by atoms with Gasteiger partial charge in [0, 0.05) is 12.6 Å². The van der Waals surface area contributed by atoms with Gasteiger partial charge in [0.05, 0.1) is 12.8 Å². The van der Waals surface area contributed by atoms with Crippen LogP contribution in [-0.2, 0) is 6.54 Å². The lowest BCUT2D eigenvalue weighted by molar-refractivity contribution is 0.219. The Labute approximate surface area is 97.8 Å². The molecule has 0 aromatic carbocycles. The quantitative estimate of drug-likeness (QED) is 0.845. The molecule has 1 aromatic heterocycles. The summed E-state index contributed by atoms with van der Waals surface area (Å²) in [4.78, 5) is 2.33. The highest BCUT2D eigenvalue weighted by molar-refractivity contribution is 4.97. The van der Waals surface area contributed by atoms with Crippen molar-refractivity contribution >= 4 is 0 Å². The third kappa shape index (κ3) is 3.35. The maximum Gasteiger partial charge on any atom is 0.117 e. The first kappa shape index (κ1) is 11.7. The molecule has 0 radical (unpaired) electrons. The Hall–Kier alpha value is -0.800. The van der Waals surface area contributed by atoms with Crippen LogP contribution >= 0.6 is 0 Å². The fourth-order valence-corrected chi connectivity index (χ4v) is 2.47. The number of rotatable bonds is 4. The summed E-state index contributed by atoms with van der Waals surface area (Å²) >= 11 is 0. The molecular formula is C13H22N2O. The van der Waals surface area contributed by atoms with Crippen LogP contribution in [0.3, 0.4) is 0 Å². The maximum atomic E-state index is 5.35. The monoisotopic (exact) mass is 222 g/mol. The molecule has 2 atom stereocenters. The number of likely N-dealkylation sites (N-methyl/N-ethyl adjacent to an activating group) is 1. The van der Waals surface area contributed by atoms with Gasteiger partial charge in [0.1, 0.15) is 5.76 Å². The molecule has 16 heavy (non-hydrogen) atoms. The van der Waals surface area contributed by atoms with Gasteiger partial charge in [-0.2, -0.15) is 0 Å². The number of hydrogen-bond donors (Lipinski definition) is 1. The molecule has 0 aliphatic carbocycles. The van der Waals surface area contributed by atoms with Crippen molar-refractivity contribution in [3.63, 3.8) is 0 Å². The van der Waals surface area contributed by atoms with E-state index in [0.29, 0.717) is 6.04 Å². The molecule has 3 nitrogen and oxygen atoms in total. The third-order valence-corrected chi connectivity index (χ3v) is 3.29. The normalized spacial score (nSPS) is 26.2. The highest BCUT2D eigenvalue weighted by Crippen LogP contribution is 2.16. The van der Waals surface area contributed by atoms with Crippen LogP contribution in [0, 0.1) is 5.92 Å². The smallest absolute Gasteiger partial charge is 0.117 e. The van der Waals surface area contributed by atoms with Gasteiger partial charge in [0.25, 0.3) is 0 Å². The number of nitrogens with one attached hydrogen (secondary N) is 1.